The third-order valence-corrected chi connectivity index (χ3v) is 4.86. The zero-order valence-electron chi connectivity index (χ0n) is 11.9. The molecule has 0 saturated heterocycles. The average Bonchev–Trinajstić information content (AvgIpc) is 3.23. The van der Waals surface area contributed by atoms with E-state index in [4.69, 9.17) is 9.47 Å². The van der Waals surface area contributed by atoms with Crippen molar-refractivity contribution in [3.63, 3.8) is 0 Å². The summed E-state index contributed by atoms with van der Waals surface area (Å²) in [6, 6.07) is 7.37. The van der Waals surface area contributed by atoms with Crippen molar-refractivity contribution in [1.29, 1.82) is 0 Å². The highest BCUT2D eigenvalue weighted by atomic mass is 16.5. The maximum Gasteiger partial charge on any atom is 0.161 e. The van der Waals surface area contributed by atoms with Gasteiger partial charge in [-0.1, -0.05) is 6.07 Å². The minimum absolute atomic E-state index is 0.707. The van der Waals surface area contributed by atoms with Crippen molar-refractivity contribution in [2.24, 2.45) is 5.92 Å². The second-order valence-electron chi connectivity index (χ2n) is 6.38. The molecule has 0 bridgehead atoms. The van der Waals surface area contributed by atoms with E-state index in [1.165, 1.54) is 37.8 Å². The Morgan fingerprint density at radius 2 is 1.85 bits per heavy atom. The lowest BCUT2D eigenvalue weighted by atomic mass is 9.70. The highest BCUT2D eigenvalue weighted by molar-refractivity contribution is 5.45. The van der Waals surface area contributed by atoms with E-state index in [2.05, 4.69) is 23.5 Å². The molecule has 1 heterocycles. The highest BCUT2D eigenvalue weighted by Gasteiger charge is 2.34. The largest absolute Gasteiger partial charge is 0.490 e. The van der Waals surface area contributed by atoms with Crippen LogP contribution in [-0.2, 0) is 0 Å². The summed E-state index contributed by atoms with van der Waals surface area (Å²) in [5.41, 5.74) is 1.43. The molecular weight excluding hydrogens is 250 g/mol. The molecule has 2 atom stereocenters. The number of fused-ring (bicyclic) bond motifs is 1. The van der Waals surface area contributed by atoms with Crippen LogP contribution in [0.1, 0.15) is 43.6 Å². The predicted octanol–water partition coefficient (Wildman–Crippen LogP) is 3.09. The molecule has 3 aliphatic rings. The van der Waals surface area contributed by atoms with E-state index < -0.39 is 0 Å². The smallest absolute Gasteiger partial charge is 0.161 e. The van der Waals surface area contributed by atoms with Crippen molar-refractivity contribution < 1.29 is 9.47 Å². The Bertz CT molecular complexity index is 484. The zero-order chi connectivity index (χ0) is 13.4. The lowest BCUT2D eigenvalue weighted by molar-refractivity contribution is 0.244. The molecule has 4 rings (SSSR count). The van der Waals surface area contributed by atoms with Crippen LogP contribution in [0.2, 0.25) is 0 Å². The van der Waals surface area contributed by atoms with Crippen molar-refractivity contribution in [2.45, 2.75) is 44.1 Å². The van der Waals surface area contributed by atoms with Gasteiger partial charge in [-0.05, 0) is 61.8 Å². The van der Waals surface area contributed by atoms with Gasteiger partial charge in [0.1, 0.15) is 0 Å². The first-order valence-electron chi connectivity index (χ1n) is 8.03. The number of hydrogen-bond acceptors (Lipinski definition) is 3. The Labute approximate surface area is 120 Å². The van der Waals surface area contributed by atoms with Crippen LogP contribution < -0.4 is 14.8 Å². The average molecular weight is 273 g/mol. The van der Waals surface area contributed by atoms with Crippen LogP contribution in [0.25, 0.3) is 0 Å². The Kier molecular flexibility index (Phi) is 3.31. The van der Waals surface area contributed by atoms with Gasteiger partial charge in [0.15, 0.2) is 11.5 Å². The maximum absolute atomic E-state index is 5.81. The first-order chi connectivity index (χ1) is 9.90. The SMILES string of the molecule is c1cc2c(cc1C1CCC1CNC1CC1)OCCCO2. The monoisotopic (exact) mass is 273 g/mol. The highest BCUT2D eigenvalue weighted by Crippen LogP contribution is 2.44. The molecule has 2 unspecified atom stereocenters. The van der Waals surface area contributed by atoms with Crippen LogP contribution in [0.4, 0.5) is 0 Å². The molecule has 1 aromatic carbocycles. The van der Waals surface area contributed by atoms with Gasteiger partial charge in [0.05, 0.1) is 13.2 Å². The fourth-order valence-electron chi connectivity index (χ4n) is 3.27. The molecular formula is C17H23NO2. The van der Waals surface area contributed by atoms with Crippen LogP contribution >= 0.6 is 0 Å². The molecule has 2 aliphatic carbocycles. The summed E-state index contributed by atoms with van der Waals surface area (Å²) in [5.74, 6) is 3.37. The molecule has 1 aromatic rings. The lowest BCUT2D eigenvalue weighted by Crippen LogP contribution is -2.34. The molecule has 1 aliphatic heterocycles. The number of benzene rings is 1. The lowest BCUT2D eigenvalue weighted by Gasteiger charge is -2.37. The van der Waals surface area contributed by atoms with E-state index in [1.807, 2.05) is 0 Å². The van der Waals surface area contributed by atoms with Gasteiger partial charge in [0.2, 0.25) is 0 Å². The molecule has 0 radical (unpaired) electrons. The van der Waals surface area contributed by atoms with E-state index in [0.29, 0.717) is 5.92 Å². The summed E-state index contributed by atoms with van der Waals surface area (Å²) in [5, 5.41) is 3.67. The normalized spacial score (nSPS) is 28.6. The van der Waals surface area contributed by atoms with Crippen molar-refractivity contribution in [3.05, 3.63) is 23.8 Å². The van der Waals surface area contributed by atoms with Gasteiger partial charge in [0.25, 0.3) is 0 Å². The Balaban J connectivity index is 1.45. The Morgan fingerprint density at radius 3 is 2.60 bits per heavy atom. The standard InChI is InChI=1S/C17H23NO2/c1-8-19-16-7-3-12(10-17(16)20-9-1)15-6-2-13(15)11-18-14-4-5-14/h3,7,10,13-15,18H,1-2,4-6,8-9,11H2. The summed E-state index contributed by atoms with van der Waals surface area (Å²) in [6.45, 7) is 2.72. The zero-order valence-corrected chi connectivity index (χ0v) is 11.9. The summed E-state index contributed by atoms with van der Waals surface area (Å²) in [7, 11) is 0. The molecule has 20 heavy (non-hydrogen) atoms. The van der Waals surface area contributed by atoms with Gasteiger partial charge < -0.3 is 14.8 Å². The molecule has 1 N–H and O–H groups in total. The van der Waals surface area contributed by atoms with E-state index in [9.17, 15) is 0 Å². The summed E-state index contributed by atoms with van der Waals surface area (Å²) < 4.78 is 11.5. The van der Waals surface area contributed by atoms with Gasteiger partial charge >= 0.3 is 0 Å². The number of rotatable bonds is 4. The van der Waals surface area contributed by atoms with E-state index in [-0.39, 0.29) is 0 Å². The van der Waals surface area contributed by atoms with Crippen LogP contribution in [-0.4, -0.2) is 25.8 Å². The first-order valence-corrected chi connectivity index (χ1v) is 8.03. The third-order valence-electron chi connectivity index (χ3n) is 4.86. The Morgan fingerprint density at radius 1 is 1.00 bits per heavy atom. The molecule has 3 heteroatoms. The van der Waals surface area contributed by atoms with Crippen LogP contribution in [0.5, 0.6) is 11.5 Å². The Hall–Kier alpha value is -1.22. The summed E-state index contributed by atoms with van der Waals surface area (Å²) >= 11 is 0. The molecule has 2 saturated carbocycles. The van der Waals surface area contributed by atoms with Gasteiger partial charge in [-0.3, -0.25) is 0 Å². The van der Waals surface area contributed by atoms with Gasteiger partial charge in [-0.2, -0.15) is 0 Å². The minimum atomic E-state index is 0.707. The van der Waals surface area contributed by atoms with Crippen LogP contribution in [0, 0.1) is 5.92 Å². The first kappa shape index (κ1) is 12.5. The van der Waals surface area contributed by atoms with E-state index >= 15 is 0 Å². The quantitative estimate of drug-likeness (QED) is 0.914. The van der Waals surface area contributed by atoms with Gasteiger partial charge in [-0.15, -0.1) is 0 Å². The third kappa shape index (κ3) is 2.51. The van der Waals surface area contributed by atoms with E-state index in [1.54, 1.807) is 0 Å². The fourth-order valence-corrected chi connectivity index (χ4v) is 3.27. The van der Waals surface area contributed by atoms with Crippen LogP contribution in [0.15, 0.2) is 18.2 Å². The maximum atomic E-state index is 5.81. The van der Waals surface area contributed by atoms with Gasteiger partial charge in [0, 0.05) is 12.5 Å². The second kappa shape index (κ2) is 5.28. The molecule has 3 nitrogen and oxygen atoms in total. The molecule has 2 fully saturated rings. The summed E-state index contributed by atoms with van der Waals surface area (Å²) in [4.78, 5) is 0. The molecule has 0 amide bonds. The minimum Gasteiger partial charge on any atom is -0.490 e. The molecule has 0 spiro atoms. The molecule has 108 valence electrons. The number of ether oxygens (including phenoxy) is 2. The topological polar surface area (TPSA) is 30.5 Å². The van der Waals surface area contributed by atoms with Crippen LogP contribution in [0.3, 0.4) is 0 Å². The number of nitrogens with one attached hydrogen (secondary N) is 1. The van der Waals surface area contributed by atoms with Gasteiger partial charge in [-0.25, -0.2) is 0 Å². The van der Waals surface area contributed by atoms with Crippen molar-refractivity contribution in [1.82, 2.24) is 5.32 Å². The summed E-state index contributed by atoms with van der Waals surface area (Å²) in [6.07, 6.45) is 6.40. The second-order valence-corrected chi connectivity index (χ2v) is 6.38. The van der Waals surface area contributed by atoms with Crippen molar-refractivity contribution in [2.75, 3.05) is 19.8 Å². The fraction of sp³-hybridized carbons (Fsp3) is 0.647. The van der Waals surface area contributed by atoms with Crippen molar-refractivity contribution in [3.8, 4) is 11.5 Å². The van der Waals surface area contributed by atoms with Crippen molar-refractivity contribution >= 4 is 0 Å². The van der Waals surface area contributed by atoms with E-state index in [0.717, 1.165) is 43.1 Å². The predicted molar refractivity (Wildman–Crippen MR) is 78.5 cm³/mol. The molecule has 0 aromatic heterocycles. The number of hydrogen-bond donors (Lipinski definition) is 1.